The van der Waals surface area contributed by atoms with Crippen molar-refractivity contribution in [2.75, 3.05) is 13.7 Å². The van der Waals surface area contributed by atoms with Crippen molar-refractivity contribution in [2.24, 2.45) is 0 Å². The lowest BCUT2D eigenvalue weighted by Gasteiger charge is -2.22. The van der Waals surface area contributed by atoms with Crippen LogP contribution in [0.2, 0.25) is 0 Å². The summed E-state index contributed by atoms with van der Waals surface area (Å²) >= 11 is 0. The number of nitrogens with zero attached hydrogens (tertiary/aromatic N) is 2. The van der Waals surface area contributed by atoms with Gasteiger partial charge in [0.2, 0.25) is 0 Å². The summed E-state index contributed by atoms with van der Waals surface area (Å²) in [4.78, 5) is 24.9. The first kappa shape index (κ1) is 12.9. The zero-order chi connectivity index (χ0) is 14.1. The van der Waals surface area contributed by atoms with Gasteiger partial charge < -0.3 is 19.6 Å². The van der Waals surface area contributed by atoms with Crippen molar-refractivity contribution in [1.82, 2.24) is 19.9 Å². The quantitative estimate of drug-likeness (QED) is 0.893. The predicted octanol–water partition coefficient (Wildman–Crippen LogP) is 1.65. The average molecular weight is 274 g/mol. The van der Waals surface area contributed by atoms with Gasteiger partial charge in [-0.15, -0.1) is 0 Å². The molecule has 1 aliphatic heterocycles. The number of hydrogen-bond donors (Lipinski definition) is 2. The number of amides is 1. The van der Waals surface area contributed by atoms with Crippen molar-refractivity contribution < 1.29 is 9.53 Å². The van der Waals surface area contributed by atoms with E-state index in [0.717, 1.165) is 17.8 Å². The van der Waals surface area contributed by atoms with Crippen LogP contribution in [0.1, 0.15) is 34.2 Å². The van der Waals surface area contributed by atoms with E-state index in [1.807, 2.05) is 18.0 Å². The van der Waals surface area contributed by atoms with Gasteiger partial charge in [-0.05, 0) is 12.5 Å². The molecule has 2 aromatic heterocycles. The summed E-state index contributed by atoms with van der Waals surface area (Å²) in [6, 6.07) is -0.0586. The minimum Gasteiger partial charge on any atom is -0.380 e. The van der Waals surface area contributed by atoms with E-state index in [-0.39, 0.29) is 18.1 Å². The molecule has 0 saturated carbocycles. The number of aromatic nitrogens is 3. The Balaban J connectivity index is 1.90. The molecule has 1 fully saturated rings. The van der Waals surface area contributed by atoms with Gasteiger partial charge in [-0.3, -0.25) is 4.79 Å². The fraction of sp³-hybridized carbons (Fsp3) is 0.429. The maximum Gasteiger partial charge on any atom is 0.256 e. The summed E-state index contributed by atoms with van der Waals surface area (Å²) in [5.41, 5.74) is 1.66. The highest BCUT2D eigenvalue weighted by Crippen LogP contribution is 2.33. The minimum absolute atomic E-state index is 0.0182. The Hall–Kier alpha value is -2.08. The van der Waals surface area contributed by atoms with Crippen LogP contribution in [0.25, 0.3) is 0 Å². The van der Waals surface area contributed by atoms with Crippen LogP contribution in [-0.4, -0.2) is 45.5 Å². The third-order valence-corrected chi connectivity index (χ3v) is 3.87. The maximum absolute atomic E-state index is 12.7. The average Bonchev–Trinajstić information content (AvgIpc) is 3.17. The van der Waals surface area contributed by atoms with Crippen molar-refractivity contribution in [3.8, 4) is 0 Å². The molecule has 1 amide bonds. The molecule has 2 N–H and O–H groups in total. The molecule has 0 radical (unpaired) electrons. The van der Waals surface area contributed by atoms with Crippen LogP contribution >= 0.6 is 0 Å². The van der Waals surface area contributed by atoms with Gasteiger partial charge in [-0.25, -0.2) is 4.98 Å². The minimum atomic E-state index is -0.0586. The molecule has 6 heteroatoms. The lowest BCUT2D eigenvalue weighted by molar-refractivity contribution is 0.0684. The fourth-order valence-electron chi connectivity index (χ4n) is 2.74. The molecular formula is C14H18N4O2. The predicted molar refractivity (Wildman–Crippen MR) is 73.3 cm³/mol. The van der Waals surface area contributed by atoms with E-state index in [4.69, 9.17) is 4.74 Å². The standard InChI is InChI=1S/C14H18N4O2/c1-9-6-15-7-11(9)14(19)18-8-10(20-2)5-12(18)13-16-3-4-17-13/h3-4,6-7,10,12,15H,5,8H2,1-2H3,(H,16,17)/t10-,12?/m1/s1. The van der Waals surface area contributed by atoms with Gasteiger partial charge in [0.15, 0.2) is 0 Å². The third kappa shape index (κ3) is 2.12. The molecule has 1 saturated heterocycles. The Morgan fingerprint density at radius 1 is 1.50 bits per heavy atom. The molecule has 106 valence electrons. The van der Waals surface area contributed by atoms with E-state index in [1.165, 1.54) is 0 Å². The highest BCUT2D eigenvalue weighted by atomic mass is 16.5. The van der Waals surface area contributed by atoms with Crippen LogP contribution in [0.3, 0.4) is 0 Å². The highest BCUT2D eigenvalue weighted by Gasteiger charge is 2.38. The van der Waals surface area contributed by atoms with Crippen LogP contribution in [-0.2, 0) is 4.74 Å². The van der Waals surface area contributed by atoms with E-state index < -0.39 is 0 Å². The van der Waals surface area contributed by atoms with Gasteiger partial charge in [-0.2, -0.15) is 0 Å². The van der Waals surface area contributed by atoms with Gasteiger partial charge in [0.1, 0.15) is 5.82 Å². The number of methoxy groups -OCH3 is 1. The molecule has 1 unspecified atom stereocenters. The second-order valence-corrected chi connectivity index (χ2v) is 5.09. The monoisotopic (exact) mass is 274 g/mol. The van der Waals surface area contributed by atoms with E-state index in [9.17, 15) is 4.79 Å². The molecule has 0 aromatic carbocycles. The lowest BCUT2D eigenvalue weighted by Crippen LogP contribution is -2.32. The Labute approximate surface area is 117 Å². The normalized spacial score (nSPS) is 22.4. The first-order chi connectivity index (χ1) is 9.70. The number of rotatable bonds is 3. The molecule has 1 aliphatic rings. The van der Waals surface area contributed by atoms with Crippen molar-refractivity contribution in [2.45, 2.75) is 25.5 Å². The summed E-state index contributed by atoms with van der Waals surface area (Å²) in [5.74, 6) is 0.829. The number of carbonyl (C=O) groups excluding carboxylic acids is 1. The van der Waals surface area contributed by atoms with Gasteiger partial charge >= 0.3 is 0 Å². The summed E-state index contributed by atoms with van der Waals surface area (Å²) in [7, 11) is 1.68. The van der Waals surface area contributed by atoms with E-state index >= 15 is 0 Å². The summed E-state index contributed by atoms with van der Waals surface area (Å²) in [6.07, 6.45) is 7.88. The number of aryl methyl sites for hydroxylation is 1. The molecule has 20 heavy (non-hydrogen) atoms. The lowest BCUT2D eigenvalue weighted by atomic mass is 10.1. The maximum atomic E-state index is 12.7. The first-order valence-electron chi connectivity index (χ1n) is 6.67. The number of carbonyl (C=O) groups is 1. The van der Waals surface area contributed by atoms with Crippen molar-refractivity contribution in [3.05, 3.63) is 41.7 Å². The smallest absolute Gasteiger partial charge is 0.256 e. The summed E-state index contributed by atoms with van der Waals surface area (Å²) in [6.45, 7) is 2.51. The van der Waals surface area contributed by atoms with Gasteiger partial charge in [0.25, 0.3) is 5.91 Å². The fourth-order valence-corrected chi connectivity index (χ4v) is 2.74. The zero-order valence-electron chi connectivity index (χ0n) is 11.6. The third-order valence-electron chi connectivity index (χ3n) is 3.87. The number of imidazole rings is 1. The zero-order valence-corrected chi connectivity index (χ0v) is 11.6. The Morgan fingerprint density at radius 2 is 2.35 bits per heavy atom. The summed E-state index contributed by atoms with van der Waals surface area (Å²) in [5, 5.41) is 0. The highest BCUT2D eigenvalue weighted by molar-refractivity contribution is 5.95. The van der Waals surface area contributed by atoms with Gasteiger partial charge in [0.05, 0.1) is 17.7 Å². The SMILES string of the molecule is CO[C@@H]1CC(c2ncc[nH]2)N(C(=O)c2c[nH]cc2C)C1. The number of ether oxygens (including phenoxy) is 1. The molecule has 2 aromatic rings. The van der Waals surface area contributed by atoms with Crippen LogP contribution in [0, 0.1) is 6.92 Å². The number of aromatic amines is 2. The number of hydrogen-bond acceptors (Lipinski definition) is 3. The largest absolute Gasteiger partial charge is 0.380 e. The van der Waals surface area contributed by atoms with Crippen LogP contribution in [0.5, 0.6) is 0 Å². The first-order valence-corrected chi connectivity index (χ1v) is 6.67. The second-order valence-electron chi connectivity index (χ2n) is 5.09. The van der Waals surface area contributed by atoms with E-state index in [2.05, 4.69) is 15.0 Å². The molecule has 2 atom stereocenters. The van der Waals surface area contributed by atoms with Crippen LogP contribution in [0.4, 0.5) is 0 Å². The Bertz CT molecular complexity index is 590. The topological polar surface area (TPSA) is 74.0 Å². The molecular weight excluding hydrogens is 256 g/mol. The molecule has 3 rings (SSSR count). The number of H-pyrrole nitrogens is 2. The second kappa shape index (κ2) is 5.13. The van der Waals surface area contributed by atoms with Crippen molar-refractivity contribution >= 4 is 5.91 Å². The number of nitrogens with one attached hydrogen (secondary N) is 2. The van der Waals surface area contributed by atoms with Gasteiger partial charge in [0, 0.05) is 44.9 Å². The van der Waals surface area contributed by atoms with Crippen molar-refractivity contribution in [1.29, 1.82) is 0 Å². The molecule has 0 spiro atoms. The van der Waals surface area contributed by atoms with E-state index in [0.29, 0.717) is 12.1 Å². The van der Waals surface area contributed by atoms with Crippen LogP contribution in [0.15, 0.2) is 24.8 Å². The Kier molecular flexibility index (Phi) is 3.31. The van der Waals surface area contributed by atoms with Crippen LogP contribution < -0.4 is 0 Å². The van der Waals surface area contributed by atoms with E-state index in [1.54, 1.807) is 25.7 Å². The van der Waals surface area contributed by atoms with Crippen molar-refractivity contribution in [3.63, 3.8) is 0 Å². The molecule has 0 aliphatic carbocycles. The molecule has 6 nitrogen and oxygen atoms in total. The number of likely N-dealkylation sites (tertiary alicyclic amines) is 1. The molecule has 0 bridgehead atoms. The molecule has 3 heterocycles. The Morgan fingerprint density at radius 3 is 2.95 bits per heavy atom. The summed E-state index contributed by atoms with van der Waals surface area (Å²) < 4.78 is 5.42. The van der Waals surface area contributed by atoms with Gasteiger partial charge in [-0.1, -0.05) is 0 Å².